The van der Waals surface area contributed by atoms with Crippen molar-refractivity contribution < 1.29 is 23.4 Å². The monoisotopic (exact) mass is 354 g/mol. The van der Waals surface area contributed by atoms with Crippen molar-refractivity contribution in [2.24, 2.45) is 0 Å². The molecule has 134 valence electrons. The van der Waals surface area contributed by atoms with Gasteiger partial charge in [-0.25, -0.2) is 4.79 Å². The summed E-state index contributed by atoms with van der Waals surface area (Å²) in [4.78, 5) is 12.6. The van der Waals surface area contributed by atoms with Gasteiger partial charge in [0.2, 0.25) is 0 Å². The maximum absolute atomic E-state index is 12.6. The molecule has 0 spiro atoms. The molecule has 0 amide bonds. The molecule has 0 radical (unpaired) electrons. The zero-order valence-corrected chi connectivity index (χ0v) is 15.0. The molecule has 0 fully saturated rings. The fourth-order valence-corrected chi connectivity index (χ4v) is 3.59. The number of ether oxygens (including phenoxy) is 4. The third kappa shape index (κ3) is 2.15. The fourth-order valence-electron chi connectivity index (χ4n) is 3.59. The molecule has 1 aliphatic rings. The van der Waals surface area contributed by atoms with E-state index < -0.39 is 5.63 Å². The van der Waals surface area contributed by atoms with Gasteiger partial charge in [-0.15, -0.1) is 0 Å². The van der Waals surface area contributed by atoms with Gasteiger partial charge < -0.3 is 23.4 Å². The van der Waals surface area contributed by atoms with Crippen molar-refractivity contribution in [3.05, 3.63) is 46.0 Å². The normalized spacial score (nSPS) is 11.8. The molecular formula is C20H18O6. The van der Waals surface area contributed by atoms with Crippen LogP contribution in [0.3, 0.4) is 0 Å². The van der Waals surface area contributed by atoms with Gasteiger partial charge in [0, 0.05) is 17.4 Å². The Kier molecular flexibility index (Phi) is 3.76. The first-order valence-corrected chi connectivity index (χ1v) is 8.08. The third-order valence-corrected chi connectivity index (χ3v) is 4.75. The van der Waals surface area contributed by atoms with Gasteiger partial charge in [-0.1, -0.05) is 0 Å². The van der Waals surface area contributed by atoms with Crippen molar-refractivity contribution in [3.8, 4) is 34.1 Å². The van der Waals surface area contributed by atoms with Crippen LogP contribution < -0.4 is 24.6 Å². The number of benzene rings is 2. The predicted octanol–water partition coefficient (Wildman–Crippen LogP) is 3.40. The highest BCUT2D eigenvalue weighted by Gasteiger charge is 2.29. The summed E-state index contributed by atoms with van der Waals surface area (Å²) >= 11 is 0. The second-order valence-electron chi connectivity index (χ2n) is 5.95. The number of hydrogen-bond acceptors (Lipinski definition) is 6. The first-order valence-electron chi connectivity index (χ1n) is 8.08. The molecule has 2 aromatic carbocycles. The van der Waals surface area contributed by atoms with E-state index in [0.29, 0.717) is 46.0 Å². The molecule has 0 unspecified atom stereocenters. The highest BCUT2D eigenvalue weighted by Crippen LogP contribution is 2.48. The predicted molar refractivity (Wildman–Crippen MR) is 96.9 cm³/mol. The molecule has 4 rings (SSSR count). The Morgan fingerprint density at radius 2 is 1.38 bits per heavy atom. The zero-order valence-electron chi connectivity index (χ0n) is 15.0. The van der Waals surface area contributed by atoms with Gasteiger partial charge in [-0.3, -0.25) is 0 Å². The van der Waals surface area contributed by atoms with Crippen molar-refractivity contribution >= 4 is 10.8 Å². The summed E-state index contributed by atoms with van der Waals surface area (Å²) in [6.45, 7) is 0. The Balaban J connectivity index is 2.14. The molecule has 0 bridgehead atoms. The number of methoxy groups -OCH3 is 4. The van der Waals surface area contributed by atoms with Crippen molar-refractivity contribution in [1.29, 1.82) is 0 Å². The largest absolute Gasteiger partial charge is 0.496 e. The van der Waals surface area contributed by atoms with Crippen LogP contribution in [0.15, 0.2) is 33.5 Å². The summed E-state index contributed by atoms with van der Waals surface area (Å²) in [7, 11) is 6.28. The molecule has 6 nitrogen and oxygen atoms in total. The lowest BCUT2D eigenvalue weighted by molar-refractivity contribution is 0.355. The third-order valence-electron chi connectivity index (χ3n) is 4.75. The maximum atomic E-state index is 12.6. The van der Waals surface area contributed by atoms with Crippen LogP contribution in [0.5, 0.6) is 23.0 Å². The minimum Gasteiger partial charge on any atom is -0.496 e. The summed E-state index contributed by atoms with van der Waals surface area (Å²) in [6.07, 6.45) is 0.497. The maximum Gasteiger partial charge on any atom is 0.347 e. The van der Waals surface area contributed by atoms with Crippen molar-refractivity contribution in [2.45, 2.75) is 6.42 Å². The highest BCUT2D eigenvalue weighted by atomic mass is 16.5. The smallest absolute Gasteiger partial charge is 0.347 e. The molecule has 0 saturated carbocycles. The van der Waals surface area contributed by atoms with Crippen LogP contribution in [0.2, 0.25) is 0 Å². The summed E-state index contributed by atoms with van der Waals surface area (Å²) in [5, 5.41) is 1.05. The SMILES string of the molecule is COc1cc2c(cc1OC)-c1c(oc(=O)c3c(OC)ccc(OC)c13)C2. The number of hydrogen-bond donors (Lipinski definition) is 0. The van der Waals surface area contributed by atoms with Gasteiger partial charge in [0.15, 0.2) is 11.5 Å². The van der Waals surface area contributed by atoms with Gasteiger partial charge in [0.25, 0.3) is 0 Å². The number of rotatable bonds is 4. The van der Waals surface area contributed by atoms with E-state index in [2.05, 4.69) is 0 Å². The van der Waals surface area contributed by atoms with Crippen LogP contribution in [0, 0.1) is 0 Å². The molecule has 6 heteroatoms. The van der Waals surface area contributed by atoms with E-state index in [0.717, 1.165) is 16.7 Å². The van der Waals surface area contributed by atoms with E-state index in [1.54, 1.807) is 33.5 Å². The Hall–Kier alpha value is -3.15. The van der Waals surface area contributed by atoms with E-state index in [1.165, 1.54) is 7.11 Å². The summed E-state index contributed by atoms with van der Waals surface area (Å²) in [6, 6.07) is 7.31. The molecule has 0 N–H and O–H groups in total. The van der Waals surface area contributed by atoms with Gasteiger partial charge in [0.1, 0.15) is 22.6 Å². The van der Waals surface area contributed by atoms with E-state index >= 15 is 0 Å². The Morgan fingerprint density at radius 1 is 0.808 bits per heavy atom. The first-order chi connectivity index (χ1) is 12.6. The van der Waals surface area contributed by atoms with Crippen LogP contribution in [0.1, 0.15) is 11.3 Å². The van der Waals surface area contributed by atoms with Crippen LogP contribution in [0.25, 0.3) is 21.9 Å². The Labute approximate surface area is 149 Å². The summed E-state index contributed by atoms with van der Waals surface area (Å²) < 4.78 is 27.4. The fraction of sp³-hybridized carbons (Fsp3) is 0.250. The van der Waals surface area contributed by atoms with Crippen molar-refractivity contribution in [1.82, 2.24) is 0 Å². The lowest BCUT2D eigenvalue weighted by atomic mass is 9.99. The summed E-state index contributed by atoms with van der Waals surface area (Å²) in [5.74, 6) is 2.88. The molecule has 1 aliphatic carbocycles. The van der Waals surface area contributed by atoms with Gasteiger partial charge in [-0.05, 0) is 35.4 Å². The quantitative estimate of drug-likeness (QED) is 0.560. The zero-order chi connectivity index (χ0) is 18.4. The topological polar surface area (TPSA) is 67.1 Å². The van der Waals surface area contributed by atoms with Crippen molar-refractivity contribution in [3.63, 3.8) is 0 Å². The average Bonchev–Trinajstić information content (AvgIpc) is 3.02. The minimum absolute atomic E-state index is 0.369. The van der Waals surface area contributed by atoms with E-state index in [1.807, 2.05) is 12.1 Å². The Morgan fingerprint density at radius 3 is 2.00 bits per heavy atom. The molecule has 26 heavy (non-hydrogen) atoms. The van der Waals surface area contributed by atoms with E-state index in [-0.39, 0.29) is 0 Å². The van der Waals surface area contributed by atoms with Crippen LogP contribution in [0.4, 0.5) is 0 Å². The van der Waals surface area contributed by atoms with Gasteiger partial charge >= 0.3 is 5.63 Å². The second-order valence-corrected chi connectivity index (χ2v) is 5.95. The van der Waals surface area contributed by atoms with Gasteiger partial charge in [0.05, 0.1) is 28.4 Å². The van der Waals surface area contributed by atoms with E-state index in [9.17, 15) is 4.79 Å². The molecule has 1 aromatic heterocycles. The standard InChI is InChI=1S/C20H18O6/c1-22-12-5-6-13(23-2)19-18(12)17-11-9-15(25-4)14(24-3)7-10(11)8-16(17)26-20(19)21/h5-7,9H,8H2,1-4H3. The van der Waals surface area contributed by atoms with Crippen LogP contribution in [-0.2, 0) is 6.42 Å². The summed E-state index contributed by atoms with van der Waals surface area (Å²) in [5.41, 5.74) is 2.31. The molecule has 1 heterocycles. The van der Waals surface area contributed by atoms with Crippen molar-refractivity contribution in [2.75, 3.05) is 28.4 Å². The molecular weight excluding hydrogens is 336 g/mol. The van der Waals surface area contributed by atoms with Gasteiger partial charge in [-0.2, -0.15) is 0 Å². The second kappa shape index (κ2) is 5.98. The average molecular weight is 354 g/mol. The molecule has 3 aromatic rings. The molecule has 0 atom stereocenters. The highest BCUT2D eigenvalue weighted by molar-refractivity contribution is 6.05. The molecule has 0 aliphatic heterocycles. The van der Waals surface area contributed by atoms with Crippen LogP contribution >= 0.6 is 0 Å². The minimum atomic E-state index is -0.443. The number of fused-ring (bicyclic) bond motifs is 5. The lowest BCUT2D eigenvalue weighted by Crippen LogP contribution is -2.05. The lowest BCUT2D eigenvalue weighted by Gasteiger charge is -2.13. The van der Waals surface area contributed by atoms with Crippen LogP contribution in [-0.4, -0.2) is 28.4 Å². The van der Waals surface area contributed by atoms with E-state index in [4.69, 9.17) is 23.4 Å². The Bertz CT molecular complexity index is 1080. The molecule has 0 saturated heterocycles. The first kappa shape index (κ1) is 16.3.